The van der Waals surface area contributed by atoms with Crippen LogP contribution in [0.3, 0.4) is 0 Å². The fraction of sp³-hybridized carbons (Fsp3) is 0.244. The molecule has 115 heavy (non-hydrogen) atoms. The highest BCUT2D eigenvalue weighted by molar-refractivity contribution is 9.12. The smallest absolute Gasteiger partial charge is 0.356 e. The molecular formula is C78H76Br5N9O19S4. The molecule has 37 heteroatoms. The Kier molecular flexibility index (Phi) is 28.2. The molecule has 1 N–H and O–H groups in total. The molecule has 0 radical (unpaired) electrons. The third-order valence-corrected chi connectivity index (χ3v) is 28.2. The molecule has 9 heterocycles. The van der Waals surface area contributed by atoms with E-state index in [1.807, 2.05) is 27.7 Å². The van der Waals surface area contributed by atoms with Gasteiger partial charge in [0.2, 0.25) is 17.6 Å². The number of carbonyl (C=O) groups is 3. The van der Waals surface area contributed by atoms with E-state index < -0.39 is 75.8 Å². The summed E-state index contributed by atoms with van der Waals surface area (Å²) in [7, 11) is -8.55. The van der Waals surface area contributed by atoms with Gasteiger partial charge in [0.05, 0.1) is 60.7 Å². The number of pyridine rings is 4. The van der Waals surface area contributed by atoms with Crippen LogP contribution in [0.25, 0.3) is 38.8 Å². The normalized spacial score (nSPS) is 14.9. The van der Waals surface area contributed by atoms with Crippen LogP contribution in [0.5, 0.6) is 17.6 Å². The molecule has 28 nitrogen and oxygen atoms in total. The molecule has 11 aromatic rings. The second-order valence-corrected chi connectivity index (χ2v) is 36.9. The summed E-state index contributed by atoms with van der Waals surface area (Å²) < 4.78 is 151. The molecule has 14 rings (SSSR count). The maximum atomic E-state index is 13.4. The van der Waals surface area contributed by atoms with Gasteiger partial charge in [-0.3, -0.25) is 9.10 Å². The monoisotopic (exact) mass is 1970 g/mol. The van der Waals surface area contributed by atoms with Crippen LogP contribution in [0.15, 0.2) is 217 Å². The summed E-state index contributed by atoms with van der Waals surface area (Å²) in [5.74, 6) is -1.54. The van der Waals surface area contributed by atoms with Gasteiger partial charge in [0.25, 0.3) is 45.7 Å². The lowest BCUT2D eigenvalue weighted by atomic mass is 9.98. The number of fused-ring (bicyclic) bond motifs is 5. The summed E-state index contributed by atoms with van der Waals surface area (Å²) in [6.07, 6.45) is 15.7. The number of nitrogens with one attached hydrogen (secondary N) is 1. The largest absolute Gasteiger partial charge is 0.481 e. The Bertz CT molecular complexity index is 6220. The standard InChI is InChI=1S/C18H21BrN2O5S.2C18H17BrN2O5S.C15H13BrN2O3S.C9H8BrNO/c2*1-4-26-18(22)15-9-13-14(19)10-20-17(25-3)16(13)21(15)27(23,24)12-7-5-11(2)6-8-12;1-4-26-18(23)15-9-13-14(19)10-20(3)17(22)16(13)21(15)27(24,25)12-7-5-11(2)6-8-12;1-10-3-5-11(6-4-10)22(19,20)18-8-7-12-13(16)9-17-15(21-2)14(12)18;1-12-9-7-4-2-3-6(7)8(10)5-11-9/h5-10,13,16-17,20H,4H2,1-3H3;2*5-10H,4H2,1-3H3;3-9H,1-2H3;2-3,5H,4H2,1H3. The Morgan fingerprint density at radius 3 is 1.40 bits per heavy atom. The van der Waals surface area contributed by atoms with Crippen LogP contribution in [0.4, 0.5) is 0 Å². The lowest BCUT2D eigenvalue weighted by molar-refractivity contribution is -0.140. The number of nitrogens with zero attached hydrogens (tertiary/aromatic N) is 8. The number of hydrogen-bond donors (Lipinski definition) is 1. The predicted molar refractivity (Wildman–Crippen MR) is 450 cm³/mol. The molecule has 7 aromatic heterocycles. The number of halogens is 5. The number of benzene rings is 4. The molecule has 0 saturated heterocycles. The maximum absolute atomic E-state index is 13.4. The van der Waals surface area contributed by atoms with E-state index in [1.54, 1.807) is 119 Å². The maximum Gasteiger partial charge on any atom is 0.356 e. The van der Waals surface area contributed by atoms with Crippen molar-refractivity contribution in [1.82, 2.24) is 41.1 Å². The zero-order chi connectivity index (χ0) is 83.9. The second kappa shape index (κ2) is 36.9. The third-order valence-electron chi connectivity index (χ3n) is 17.9. The van der Waals surface area contributed by atoms with Crippen LogP contribution in [0.2, 0.25) is 0 Å². The van der Waals surface area contributed by atoms with Crippen LogP contribution in [0.1, 0.15) is 75.1 Å². The van der Waals surface area contributed by atoms with Gasteiger partial charge >= 0.3 is 17.9 Å². The van der Waals surface area contributed by atoms with Gasteiger partial charge in [-0.1, -0.05) is 98.9 Å². The van der Waals surface area contributed by atoms with Crippen LogP contribution < -0.4 is 25.1 Å². The van der Waals surface area contributed by atoms with Gasteiger partial charge in [-0.25, -0.2) is 74.9 Å². The fourth-order valence-electron chi connectivity index (χ4n) is 12.3. The van der Waals surface area contributed by atoms with Crippen molar-refractivity contribution in [3.63, 3.8) is 0 Å². The van der Waals surface area contributed by atoms with E-state index in [1.165, 1.54) is 115 Å². The van der Waals surface area contributed by atoms with E-state index in [2.05, 4.69) is 112 Å². The first-order valence-electron chi connectivity index (χ1n) is 34.7. The third kappa shape index (κ3) is 18.1. The lowest BCUT2D eigenvalue weighted by Gasteiger charge is -2.38. The number of aromatic nitrogens is 7. The highest BCUT2D eigenvalue weighted by atomic mass is 79.9. The van der Waals surface area contributed by atoms with Crippen LogP contribution in [-0.4, -0.2) is 148 Å². The summed E-state index contributed by atoms with van der Waals surface area (Å²) in [5, 5.41) is 4.54. The van der Waals surface area contributed by atoms with Crippen LogP contribution in [-0.2, 0) is 77.3 Å². The topological polar surface area (TPSA) is 343 Å². The number of hydrogen-bond acceptors (Lipinski definition) is 23. The van der Waals surface area contributed by atoms with Gasteiger partial charge in [0.15, 0.2) is 0 Å². The number of carbonyl (C=O) groups excluding carboxylic acids is 3. The van der Waals surface area contributed by atoms with E-state index in [0.717, 1.165) is 61.1 Å². The highest BCUT2D eigenvalue weighted by Gasteiger charge is 2.51. The van der Waals surface area contributed by atoms with Crippen molar-refractivity contribution in [2.24, 2.45) is 13.0 Å². The lowest BCUT2D eigenvalue weighted by Crippen LogP contribution is -2.54. The van der Waals surface area contributed by atoms with Gasteiger partial charge in [0, 0.05) is 101 Å². The molecule has 3 aliphatic rings. The van der Waals surface area contributed by atoms with Gasteiger partial charge in [-0.05, 0) is 197 Å². The Labute approximate surface area is 706 Å². The molecule has 0 saturated carbocycles. The minimum Gasteiger partial charge on any atom is -0.481 e. The molecule has 2 aliphatic heterocycles. The van der Waals surface area contributed by atoms with E-state index in [4.69, 9.17) is 33.2 Å². The van der Waals surface area contributed by atoms with Crippen molar-refractivity contribution in [3.05, 3.63) is 248 Å². The molecular weight excluding hydrogens is 1890 g/mol. The summed E-state index contributed by atoms with van der Waals surface area (Å²) >= 11 is 17.0. The van der Waals surface area contributed by atoms with E-state index in [-0.39, 0.29) is 85.2 Å². The first kappa shape index (κ1) is 88.1. The average Bonchev–Trinajstić information content (AvgIpc) is 1.60. The number of aryl methyl sites for hydroxylation is 5. The molecule has 606 valence electrons. The zero-order valence-corrected chi connectivity index (χ0v) is 74.8. The number of esters is 3. The van der Waals surface area contributed by atoms with E-state index in [9.17, 15) is 52.8 Å². The second-order valence-electron chi connectivity index (χ2n) is 25.4. The first-order chi connectivity index (χ1) is 54.6. The number of allylic oxidation sites excluding steroid dienone is 1. The Morgan fingerprint density at radius 1 is 0.513 bits per heavy atom. The van der Waals surface area contributed by atoms with Gasteiger partial charge < -0.3 is 43.0 Å². The molecule has 4 aromatic carbocycles. The first-order valence-corrected chi connectivity index (χ1v) is 44.5. The number of sulfonamides is 1. The van der Waals surface area contributed by atoms with Gasteiger partial charge in [-0.2, -0.15) is 0 Å². The molecule has 0 amide bonds. The highest BCUT2D eigenvalue weighted by Crippen LogP contribution is 2.44. The van der Waals surface area contributed by atoms with Crippen LogP contribution in [0, 0.1) is 33.6 Å². The molecule has 3 unspecified atom stereocenters. The molecule has 0 bridgehead atoms. The van der Waals surface area contributed by atoms with Crippen molar-refractivity contribution in [3.8, 4) is 17.6 Å². The van der Waals surface area contributed by atoms with E-state index >= 15 is 0 Å². The van der Waals surface area contributed by atoms with E-state index in [0.29, 0.717) is 29.7 Å². The van der Waals surface area contributed by atoms with Crippen molar-refractivity contribution in [2.75, 3.05) is 48.3 Å². The predicted octanol–water partition coefficient (Wildman–Crippen LogP) is 14.4. The summed E-state index contributed by atoms with van der Waals surface area (Å²) in [5.41, 5.74) is 5.66. The minimum atomic E-state index is -4.21. The summed E-state index contributed by atoms with van der Waals surface area (Å²) in [4.78, 5) is 62.9. The Balaban J connectivity index is 0.000000155. The molecule has 0 spiro atoms. The SMILES string of the molecule is CCOC(=O)C1=CC2C(Br)=CNC(OC)C2N1S(=O)(=O)c1ccc(C)cc1.CCOC(=O)c1cc2c(Br)cn(C)c(=O)c2n1S(=O)(=O)c1ccc(C)cc1.CCOC(=O)c1cc2c(Br)cnc(OC)c2n1S(=O)(=O)c1ccc(C)cc1.COc1ncc(Br)c2c1CC=C2.COc1ncc(Br)c2ccn(S(=O)(=O)c3ccc(C)cc3)c12. The fourth-order valence-corrected chi connectivity index (χ4v) is 20.7. The number of ether oxygens (including phenoxy) is 7. The van der Waals surface area contributed by atoms with Gasteiger partial charge in [-0.15, -0.1) is 0 Å². The Hall–Kier alpha value is -9.31. The molecule has 1 aliphatic carbocycles. The van der Waals surface area contributed by atoms with Crippen molar-refractivity contribution < 1.29 is 81.2 Å². The number of rotatable bonds is 18. The van der Waals surface area contributed by atoms with Gasteiger partial charge in [0.1, 0.15) is 45.9 Å². The zero-order valence-electron chi connectivity index (χ0n) is 63.6. The quantitative estimate of drug-likeness (QED) is 0.0616. The molecule has 3 atom stereocenters. The van der Waals surface area contributed by atoms with Crippen molar-refractivity contribution in [1.29, 1.82) is 0 Å². The summed E-state index contributed by atoms with van der Waals surface area (Å²) in [6, 6.07) is 29.6. The number of methoxy groups -OCH3 is 4. The minimum absolute atomic E-state index is 0.0106. The molecule has 0 fully saturated rings. The van der Waals surface area contributed by atoms with Crippen LogP contribution >= 0.6 is 79.6 Å². The Morgan fingerprint density at radius 2 is 0.930 bits per heavy atom. The average molecular weight is 1970 g/mol. The van der Waals surface area contributed by atoms with Crippen molar-refractivity contribution >= 4 is 176 Å². The summed E-state index contributed by atoms with van der Waals surface area (Å²) in [6.45, 7) is 12.7. The van der Waals surface area contributed by atoms with Crippen molar-refractivity contribution in [2.45, 2.75) is 86.7 Å².